The quantitative estimate of drug-likeness (QED) is 0.889. The SMILES string of the molecule is Cl.Cl.O=C(NCc1cccc2cccnc12)C1COCCN1. The van der Waals surface area contributed by atoms with E-state index >= 15 is 0 Å². The van der Waals surface area contributed by atoms with Gasteiger partial charge in [0.15, 0.2) is 0 Å². The molecule has 0 radical (unpaired) electrons. The van der Waals surface area contributed by atoms with Crippen molar-refractivity contribution in [3.05, 3.63) is 42.1 Å². The van der Waals surface area contributed by atoms with Gasteiger partial charge in [-0.3, -0.25) is 9.78 Å². The van der Waals surface area contributed by atoms with Gasteiger partial charge in [0.25, 0.3) is 0 Å². The summed E-state index contributed by atoms with van der Waals surface area (Å²) in [6, 6.07) is 9.66. The van der Waals surface area contributed by atoms with E-state index in [2.05, 4.69) is 15.6 Å². The summed E-state index contributed by atoms with van der Waals surface area (Å²) in [7, 11) is 0. The Kier molecular flexibility index (Phi) is 7.55. The largest absolute Gasteiger partial charge is 0.378 e. The second-order valence-electron chi connectivity index (χ2n) is 4.79. The maximum Gasteiger partial charge on any atom is 0.239 e. The smallest absolute Gasteiger partial charge is 0.239 e. The fourth-order valence-electron chi connectivity index (χ4n) is 2.35. The van der Waals surface area contributed by atoms with Crippen molar-refractivity contribution in [3.8, 4) is 0 Å². The first-order valence-corrected chi connectivity index (χ1v) is 6.76. The van der Waals surface area contributed by atoms with Gasteiger partial charge in [-0.2, -0.15) is 0 Å². The number of amides is 1. The highest BCUT2D eigenvalue weighted by atomic mass is 35.5. The Balaban J connectivity index is 0.00000121. The zero-order valence-corrected chi connectivity index (χ0v) is 13.6. The molecule has 120 valence electrons. The van der Waals surface area contributed by atoms with Gasteiger partial charge in [-0.05, 0) is 11.6 Å². The molecule has 1 fully saturated rings. The first kappa shape index (κ1) is 18.6. The van der Waals surface area contributed by atoms with Crippen LogP contribution < -0.4 is 10.6 Å². The van der Waals surface area contributed by atoms with Crippen LogP contribution in [0.5, 0.6) is 0 Å². The maximum atomic E-state index is 12.0. The molecule has 1 aliphatic rings. The Morgan fingerprint density at radius 3 is 2.91 bits per heavy atom. The molecule has 0 aliphatic carbocycles. The standard InChI is InChI=1S/C15H17N3O2.2ClH/c19-15(13-10-20-8-7-16-13)18-9-12-4-1-3-11-5-2-6-17-14(11)12;;/h1-6,13,16H,7-10H2,(H,18,19);2*1H. The summed E-state index contributed by atoms with van der Waals surface area (Å²) in [6.07, 6.45) is 1.77. The third-order valence-electron chi connectivity index (χ3n) is 3.41. The summed E-state index contributed by atoms with van der Waals surface area (Å²) in [4.78, 5) is 16.4. The summed E-state index contributed by atoms with van der Waals surface area (Å²) in [5, 5.41) is 7.16. The summed E-state index contributed by atoms with van der Waals surface area (Å²) in [6.45, 7) is 2.29. The zero-order valence-electron chi connectivity index (χ0n) is 12.0. The molecule has 5 nitrogen and oxygen atoms in total. The van der Waals surface area contributed by atoms with Crippen LogP contribution in [0.25, 0.3) is 10.9 Å². The highest BCUT2D eigenvalue weighted by molar-refractivity contribution is 5.86. The van der Waals surface area contributed by atoms with E-state index in [1.54, 1.807) is 6.20 Å². The number of aromatic nitrogens is 1. The maximum absolute atomic E-state index is 12.0. The van der Waals surface area contributed by atoms with Crippen molar-refractivity contribution in [1.82, 2.24) is 15.6 Å². The molecule has 0 spiro atoms. The second kappa shape index (κ2) is 8.90. The fraction of sp³-hybridized carbons (Fsp3) is 0.333. The lowest BCUT2D eigenvalue weighted by atomic mass is 10.1. The molecule has 1 saturated heterocycles. The van der Waals surface area contributed by atoms with E-state index in [9.17, 15) is 4.79 Å². The van der Waals surface area contributed by atoms with Crippen LogP contribution in [-0.2, 0) is 16.1 Å². The van der Waals surface area contributed by atoms with Crippen LogP contribution in [0, 0.1) is 0 Å². The number of rotatable bonds is 3. The molecule has 2 heterocycles. The third-order valence-corrected chi connectivity index (χ3v) is 3.41. The monoisotopic (exact) mass is 343 g/mol. The van der Waals surface area contributed by atoms with Crippen molar-refractivity contribution in [2.24, 2.45) is 0 Å². The van der Waals surface area contributed by atoms with Gasteiger partial charge in [0.2, 0.25) is 5.91 Å². The van der Waals surface area contributed by atoms with Crippen molar-refractivity contribution < 1.29 is 9.53 Å². The molecule has 1 aromatic heterocycles. The predicted molar refractivity (Wildman–Crippen MR) is 90.7 cm³/mol. The topological polar surface area (TPSA) is 63.2 Å². The highest BCUT2D eigenvalue weighted by Gasteiger charge is 2.20. The number of fused-ring (bicyclic) bond motifs is 1. The number of nitrogens with zero attached hydrogens (tertiary/aromatic N) is 1. The number of morpholine rings is 1. The molecular formula is C15H19Cl2N3O2. The van der Waals surface area contributed by atoms with E-state index in [1.165, 1.54) is 0 Å². The normalized spacial score (nSPS) is 17.2. The molecular weight excluding hydrogens is 325 g/mol. The molecule has 1 unspecified atom stereocenters. The lowest BCUT2D eigenvalue weighted by Crippen LogP contribution is -2.51. The van der Waals surface area contributed by atoms with Crippen LogP contribution in [0.15, 0.2) is 36.5 Å². The second-order valence-corrected chi connectivity index (χ2v) is 4.79. The Morgan fingerprint density at radius 1 is 1.32 bits per heavy atom. The van der Waals surface area contributed by atoms with E-state index < -0.39 is 0 Å². The Morgan fingerprint density at radius 2 is 2.14 bits per heavy atom. The summed E-state index contributed by atoms with van der Waals surface area (Å²) in [5.41, 5.74) is 1.95. The lowest BCUT2D eigenvalue weighted by molar-refractivity contribution is -0.126. The van der Waals surface area contributed by atoms with Gasteiger partial charge in [-0.25, -0.2) is 0 Å². The van der Waals surface area contributed by atoms with Crippen molar-refractivity contribution in [2.75, 3.05) is 19.8 Å². The van der Waals surface area contributed by atoms with Crippen LogP contribution in [0.2, 0.25) is 0 Å². The molecule has 2 N–H and O–H groups in total. The van der Waals surface area contributed by atoms with E-state index in [1.807, 2.05) is 30.3 Å². The molecule has 0 saturated carbocycles. The Labute approximate surface area is 141 Å². The molecule has 1 aliphatic heterocycles. The van der Waals surface area contributed by atoms with Gasteiger partial charge in [0, 0.05) is 24.7 Å². The van der Waals surface area contributed by atoms with Gasteiger partial charge >= 0.3 is 0 Å². The molecule has 1 atom stereocenters. The van der Waals surface area contributed by atoms with E-state index in [0.717, 1.165) is 16.5 Å². The molecule has 1 amide bonds. The van der Waals surface area contributed by atoms with Crippen molar-refractivity contribution in [1.29, 1.82) is 0 Å². The minimum absolute atomic E-state index is 0. The van der Waals surface area contributed by atoms with Gasteiger partial charge in [-0.1, -0.05) is 24.3 Å². The number of nitrogens with one attached hydrogen (secondary N) is 2. The molecule has 3 rings (SSSR count). The number of ether oxygens (including phenoxy) is 1. The fourth-order valence-corrected chi connectivity index (χ4v) is 2.35. The number of para-hydroxylation sites is 1. The predicted octanol–water partition coefficient (Wildman–Crippen LogP) is 1.68. The van der Waals surface area contributed by atoms with Gasteiger partial charge < -0.3 is 15.4 Å². The highest BCUT2D eigenvalue weighted by Crippen LogP contribution is 2.15. The molecule has 7 heteroatoms. The number of hydrogen-bond acceptors (Lipinski definition) is 4. The van der Waals surface area contributed by atoms with Crippen LogP contribution in [0.4, 0.5) is 0 Å². The first-order chi connectivity index (χ1) is 9.84. The van der Waals surface area contributed by atoms with Crippen LogP contribution in [0.3, 0.4) is 0 Å². The molecule has 22 heavy (non-hydrogen) atoms. The van der Waals surface area contributed by atoms with Gasteiger partial charge in [0.1, 0.15) is 6.04 Å². The van der Waals surface area contributed by atoms with Gasteiger partial charge in [0.05, 0.1) is 18.7 Å². The summed E-state index contributed by atoms with van der Waals surface area (Å²) in [5.74, 6) is -0.0300. The average molecular weight is 344 g/mol. The van der Waals surface area contributed by atoms with Crippen molar-refractivity contribution in [2.45, 2.75) is 12.6 Å². The number of halogens is 2. The first-order valence-electron chi connectivity index (χ1n) is 6.76. The molecule has 1 aromatic carbocycles. The number of hydrogen-bond donors (Lipinski definition) is 2. The van der Waals surface area contributed by atoms with Crippen LogP contribution in [0.1, 0.15) is 5.56 Å². The van der Waals surface area contributed by atoms with Gasteiger partial charge in [-0.15, -0.1) is 24.8 Å². The molecule has 0 bridgehead atoms. The zero-order chi connectivity index (χ0) is 13.8. The molecule has 2 aromatic rings. The third kappa shape index (κ3) is 4.30. The Bertz CT molecular complexity index is 613. The number of benzene rings is 1. The number of carbonyl (C=O) groups is 1. The van der Waals surface area contributed by atoms with E-state index in [4.69, 9.17) is 4.74 Å². The Hall–Kier alpha value is -1.40. The average Bonchev–Trinajstić information content (AvgIpc) is 2.53. The minimum Gasteiger partial charge on any atom is -0.378 e. The van der Waals surface area contributed by atoms with Crippen molar-refractivity contribution in [3.63, 3.8) is 0 Å². The lowest BCUT2D eigenvalue weighted by Gasteiger charge is -2.23. The van der Waals surface area contributed by atoms with Crippen LogP contribution >= 0.6 is 24.8 Å². The number of pyridine rings is 1. The summed E-state index contributed by atoms with van der Waals surface area (Å²) < 4.78 is 5.29. The van der Waals surface area contributed by atoms with E-state index in [-0.39, 0.29) is 36.8 Å². The minimum atomic E-state index is -0.258. The number of carbonyl (C=O) groups excluding carboxylic acids is 1. The van der Waals surface area contributed by atoms with Crippen LogP contribution in [-0.4, -0.2) is 36.7 Å². The van der Waals surface area contributed by atoms with Crippen molar-refractivity contribution >= 4 is 41.6 Å². The van der Waals surface area contributed by atoms with E-state index in [0.29, 0.717) is 26.3 Å². The summed E-state index contributed by atoms with van der Waals surface area (Å²) >= 11 is 0.